The van der Waals surface area contributed by atoms with Gasteiger partial charge in [0.1, 0.15) is 0 Å². The summed E-state index contributed by atoms with van der Waals surface area (Å²) >= 11 is 0. The number of nitrogens with zero attached hydrogens (tertiary/aromatic N) is 1. The first-order chi connectivity index (χ1) is 5.72. The molecular formula is C10H21NO2. The van der Waals surface area contributed by atoms with E-state index in [0.717, 1.165) is 6.54 Å². The first-order valence-corrected chi connectivity index (χ1v) is 4.64. The predicted molar refractivity (Wildman–Crippen MR) is 53.8 cm³/mol. The van der Waals surface area contributed by atoms with Gasteiger partial charge in [0.15, 0.2) is 0 Å². The van der Waals surface area contributed by atoms with Crippen molar-refractivity contribution in [3.63, 3.8) is 0 Å². The Labute approximate surface area is 80.7 Å². The van der Waals surface area contributed by atoms with Crippen LogP contribution in [0.25, 0.3) is 0 Å². The lowest BCUT2D eigenvalue weighted by Gasteiger charge is -2.27. The minimum absolute atomic E-state index is 0.229. The lowest BCUT2D eigenvalue weighted by atomic mass is 9.96. The molecule has 13 heavy (non-hydrogen) atoms. The Morgan fingerprint density at radius 1 is 1.46 bits per heavy atom. The van der Waals surface area contributed by atoms with Crippen LogP contribution in [0, 0.1) is 11.3 Å². The lowest BCUT2D eigenvalue weighted by Crippen LogP contribution is -2.34. The molecule has 0 amide bonds. The second kappa shape index (κ2) is 4.61. The largest absolute Gasteiger partial charge is 0.481 e. The zero-order valence-corrected chi connectivity index (χ0v) is 9.29. The molecule has 1 atom stereocenters. The van der Waals surface area contributed by atoms with E-state index < -0.39 is 5.97 Å². The van der Waals surface area contributed by atoms with Gasteiger partial charge in [0.25, 0.3) is 0 Å². The van der Waals surface area contributed by atoms with E-state index in [0.29, 0.717) is 6.54 Å². The molecule has 0 aliphatic carbocycles. The Bertz CT molecular complexity index is 172. The molecule has 0 saturated heterocycles. The van der Waals surface area contributed by atoms with E-state index in [-0.39, 0.29) is 11.3 Å². The first-order valence-electron chi connectivity index (χ1n) is 4.64. The lowest BCUT2D eigenvalue weighted by molar-refractivity contribution is -0.141. The van der Waals surface area contributed by atoms with Crippen molar-refractivity contribution in [1.82, 2.24) is 4.90 Å². The van der Waals surface area contributed by atoms with E-state index in [1.54, 1.807) is 6.92 Å². The van der Waals surface area contributed by atoms with Gasteiger partial charge in [-0.25, -0.2) is 0 Å². The number of aliphatic carboxylic acids is 1. The Hall–Kier alpha value is -0.570. The molecule has 0 fully saturated rings. The summed E-state index contributed by atoms with van der Waals surface area (Å²) in [5.74, 6) is -1.01. The Morgan fingerprint density at radius 3 is 2.23 bits per heavy atom. The molecular weight excluding hydrogens is 166 g/mol. The van der Waals surface area contributed by atoms with E-state index in [1.807, 2.05) is 7.05 Å². The highest BCUT2D eigenvalue weighted by molar-refractivity contribution is 5.69. The van der Waals surface area contributed by atoms with E-state index in [1.165, 1.54) is 0 Å². The second-order valence-electron chi connectivity index (χ2n) is 5.00. The zero-order valence-electron chi connectivity index (χ0n) is 9.29. The van der Waals surface area contributed by atoms with Crippen molar-refractivity contribution in [1.29, 1.82) is 0 Å². The maximum absolute atomic E-state index is 10.6. The van der Waals surface area contributed by atoms with E-state index in [2.05, 4.69) is 25.7 Å². The average Bonchev–Trinajstić information content (AvgIpc) is 1.81. The molecule has 0 radical (unpaired) electrons. The molecule has 0 rings (SSSR count). The van der Waals surface area contributed by atoms with Crippen LogP contribution in [0.2, 0.25) is 0 Å². The molecule has 3 heteroatoms. The second-order valence-corrected chi connectivity index (χ2v) is 5.00. The molecule has 1 N–H and O–H groups in total. The van der Waals surface area contributed by atoms with Crippen molar-refractivity contribution in [2.24, 2.45) is 11.3 Å². The van der Waals surface area contributed by atoms with Crippen molar-refractivity contribution in [2.75, 3.05) is 20.1 Å². The highest BCUT2D eigenvalue weighted by Gasteiger charge is 2.18. The zero-order chi connectivity index (χ0) is 10.6. The SMILES string of the molecule is CC(CN(C)CC(C)(C)C)C(=O)O. The summed E-state index contributed by atoms with van der Waals surface area (Å²) in [5.41, 5.74) is 0.229. The summed E-state index contributed by atoms with van der Waals surface area (Å²) in [6.45, 7) is 9.72. The summed E-state index contributed by atoms with van der Waals surface area (Å²) in [5, 5.41) is 8.70. The molecule has 0 aliphatic rings. The third-order valence-corrected chi connectivity index (χ3v) is 1.75. The van der Waals surface area contributed by atoms with Crippen LogP contribution in [0.4, 0.5) is 0 Å². The summed E-state index contributed by atoms with van der Waals surface area (Å²) < 4.78 is 0. The summed E-state index contributed by atoms with van der Waals surface area (Å²) in [6.07, 6.45) is 0. The number of carbonyl (C=O) groups is 1. The summed E-state index contributed by atoms with van der Waals surface area (Å²) in [7, 11) is 1.96. The van der Waals surface area contributed by atoms with Crippen LogP contribution in [0.3, 0.4) is 0 Å². The van der Waals surface area contributed by atoms with Gasteiger partial charge in [0.2, 0.25) is 0 Å². The minimum Gasteiger partial charge on any atom is -0.481 e. The van der Waals surface area contributed by atoms with Gasteiger partial charge >= 0.3 is 5.97 Å². The molecule has 1 unspecified atom stereocenters. The third-order valence-electron chi connectivity index (χ3n) is 1.75. The molecule has 0 spiro atoms. The Balaban J connectivity index is 3.88. The monoisotopic (exact) mass is 187 g/mol. The van der Waals surface area contributed by atoms with Crippen LogP contribution in [0.1, 0.15) is 27.7 Å². The van der Waals surface area contributed by atoms with Gasteiger partial charge < -0.3 is 10.0 Å². The van der Waals surface area contributed by atoms with Crippen LogP contribution < -0.4 is 0 Å². The molecule has 0 heterocycles. The maximum atomic E-state index is 10.6. The van der Waals surface area contributed by atoms with Crippen LogP contribution in [0.5, 0.6) is 0 Å². The fraction of sp³-hybridized carbons (Fsp3) is 0.900. The summed E-state index contributed by atoms with van der Waals surface area (Å²) in [6, 6.07) is 0. The highest BCUT2D eigenvalue weighted by Crippen LogP contribution is 2.14. The smallest absolute Gasteiger partial charge is 0.307 e. The maximum Gasteiger partial charge on any atom is 0.307 e. The predicted octanol–water partition coefficient (Wildman–Crippen LogP) is 1.69. The minimum atomic E-state index is -0.722. The molecule has 3 nitrogen and oxygen atoms in total. The van der Waals surface area contributed by atoms with Gasteiger partial charge in [-0.1, -0.05) is 27.7 Å². The van der Waals surface area contributed by atoms with Crippen LogP contribution >= 0.6 is 0 Å². The molecule has 0 aliphatic heterocycles. The van der Waals surface area contributed by atoms with Crippen molar-refractivity contribution in [3.8, 4) is 0 Å². The molecule has 78 valence electrons. The number of hydrogen-bond donors (Lipinski definition) is 1. The third kappa shape index (κ3) is 6.58. The number of hydrogen-bond acceptors (Lipinski definition) is 2. The fourth-order valence-corrected chi connectivity index (χ4v) is 1.42. The Morgan fingerprint density at radius 2 is 1.92 bits per heavy atom. The topological polar surface area (TPSA) is 40.5 Å². The molecule has 0 aromatic carbocycles. The quantitative estimate of drug-likeness (QED) is 0.728. The van der Waals surface area contributed by atoms with Crippen LogP contribution in [0.15, 0.2) is 0 Å². The van der Waals surface area contributed by atoms with Gasteiger partial charge in [-0.15, -0.1) is 0 Å². The van der Waals surface area contributed by atoms with Crippen LogP contribution in [-0.4, -0.2) is 36.1 Å². The van der Waals surface area contributed by atoms with Gasteiger partial charge in [-0.2, -0.15) is 0 Å². The van der Waals surface area contributed by atoms with Gasteiger partial charge in [-0.3, -0.25) is 4.79 Å². The van der Waals surface area contributed by atoms with E-state index >= 15 is 0 Å². The number of carboxylic acid groups (broad SMARTS) is 1. The molecule has 0 saturated carbocycles. The first kappa shape index (κ1) is 12.4. The Kier molecular flexibility index (Phi) is 4.40. The highest BCUT2D eigenvalue weighted by atomic mass is 16.4. The molecule has 0 bridgehead atoms. The van der Waals surface area contributed by atoms with Gasteiger partial charge in [-0.05, 0) is 12.5 Å². The normalized spacial score (nSPS) is 14.6. The van der Waals surface area contributed by atoms with E-state index in [9.17, 15) is 4.79 Å². The average molecular weight is 187 g/mol. The van der Waals surface area contributed by atoms with Gasteiger partial charge in [0.05, 0.1) is 5.92 Å². The fourth-order valence-electron chi connectivity index (χ4n) is 1.42. The molecule has 0 aromatic rings. The number of carboxylic acids is 1. The van der Waals surface area contributed by atoms with Crippen molar-refractivity contribution < 1.29 is 9.90 Å². The van der Waals surface area contributed by atoms with Crippen molar-refractivity contribution in [3.05, 3.63) is 0 Å². The van der Waals surface area contributed by atoms with Gasteiger partial charge in [0, 0.05) is 13.1 Å². The molecule has 0 aromatic heterocycles. The standard InChI is InChI=1S/C10H21NO2/c1-8(9(12)13)6-11(5)7-10(2,3)4/h8H,6-7H2,1-5H3,(H,12,13). The van der Waals surface area contributed by atoms with Crippen molar-refractivity contribution in [2.45, 2.75) is 27.7 Å². The summed E-state index contributed by atoms with van der Waals surface area (Å²) in [4.78, 5) is 12.6. The van der Waals surface area contributed by atoms with Crippen LogP contribution in [-0.2, 0) is 4.79 Å². The number of rotatable bonds is 4. The van der Waals surface area contributed by atoms with Crippen molar-refractivity contribution >= 4 is 5.97 Å². The van der Waals surface area contributed by atoms with E-state index in [4.69, 9.17) is 5.11 Å².